The highest BCUT2D eigenvalue weighted by atomic mass is 19.3. The molecule has 0 spiro atoms. The van der Waals surface area contributed by atoms with Crippen molar-refractivity contribution in [2.75, 3.05) is 46.1 Å². The maximum Gasteiger partial charge on any atom is 0.345 e. The number of epoxide rings is 1. The van der Waals surface area contributed by atoms with Crippen molar-refractivity contribution in [1.82, 2.24) is 20.9 Å². The van der Waals surface area contributed by atoms with Crippen molar-refractivity contribution < 1.29 is 42.2 Å². The normalized spacial score (nSPS) is 21.1. The quantitative estimate of drug-likeness (QED) is 0.242. The SMILES string of the molecule is CC(C)C[C@H](NC(=O)CN1CCOCC1)C(=O)N[C@@H](COC(F)F)C(=O)N[C@@H](Cc1ccccc1)C(=O)[C@@]1(C)CO1. The van der Waals surface area contributed by atoms with E-state index in [1.807, 2.05) is 24.8 Å². The van der Waals surface area contributed by atoms with Crippen LogP contribution in [-0.2, 0) is 39.8 Å². The molecule has 1 aromatic carbocycles. The van der Waals surface area contributed by atoms with Crippen molar-refractivity contribution in [3.63, 3.8) is 0 Å². The average molecular weight is 583 g/mol. The molecule has 0 aliphatic carbocycles. The minimum Gasteiger partial charge on any atom is -0.379 e. The number of nitrogens with zero attached hydrogens (tertiary/aromatic N) is 1. The molecule has 2 aliphatic heterocycles. The van der Waals surface area contributed by atoms with Crippen LogP contribution in [0.1, 0.15) is 32.8 Å². The molecule has 228 valence electrons. The molecule has 13 heteroatoms. The van der Waals surface area contributed by atoms with E-state index in [4.69, 9.17) is 9.47 Å². The summed E-state index contributed by atoms with van der Waals surface area (Å²) in [4.78, 5) is 54.4. The molecule has 2 aliphatic rings. The van der Waals surface area contributed by atoms with Crippen LogP contribution in [0.25, 0.3) is 0 Å². The van der Waals surface area contributed by atoms with Crippen LogP contribution < -0.4 is 16.0 Å². The van der Waals surface area contributed by atoms with E-state index in [1.165, 1.54) is 0 Å². The number of benzene rings is 1. The summed E-state index contributed by atoms with van der Waals surface area (Å²) in [6.07, 6.45) is 0.379. The lowest BCUT2D eigenvalue weighted by atomic mass is 9.94. The number of morpholine rings is 1. The molecule has 41 heavy (non-hydrogen) atoms. The zero-order valence-electron chi connectivity index (χ0n) is 23.7. The Labute approximate surface area is 238 Å². The molecular weight excluding hydrogens is 542 g/mol. The molecule has 0 bridgehead atoms. The van der Waals surface area contributed by atoms with Crippen LogP contribution in [0.2, 0.25) is 0 Å². The van der Waals surface area contributed by atoms with Gasteiger partial charge in [0.1, 0.15) is 17.7 Å². The van der Waals surface area contributed by atoms with Crippen molar-refractivity contribution in [2.24, 2.45) is 5.92 Å². The van der Waals surface area contributed by atoms with E-state index in [-0.39, 0.29) is 43.6 Å². The maximum absolute atomic E-state index is 13.3. The number of hydrogen-bond donors (Lipinski definition) is 3. The second-order valence-electron chi connectivity index (χ2n) is 10.9. The zero-order valence-corrected chi connectivity index (χ0v) is 23.7. The number of hydrogen-bond acceptors (Lipinski definition) is 8. The van der Waals surface area contributed by atoms with E-state index in [2.05, 4.69) is 20.7 Å². The predicted octanol–water partition coefficient (Wildman–Crippen LogP) is 0.659. The van der Waals surface area contributed by atoms with E-state index in [0.29, 0.717) is 26.3 Å². The zero-order chi connectivity index (χ0) is 30.0. The summed E-state index contributed by atoms with van der Waals surface area (Å²) < 4.78 is 40.9. The summed E-state index contributed by atoms with van der Waals surface area (Å²) in [7, 11) is 0. The number of ether oxygens (including phenoxy) is 3. The fraction of sp³-hybridized carbons (Fsp3) is 0.643. The second-order valence-corrected chi connectivity index (χ2v) is 10.9. The lowest BCUT2D eigenvalue weighted by Gasteiger charge is -2.28. The Morgan fingerprint density at radius 3 is 2.17 bits per heavy atom. The number of ketones is 1. The third-order valence-electron chi connectivity index (χ3n) is 6.87. The van der Waals surface area contributed by atoms with Gasteiger partial charge in [-0.1, -0.05) is 44.2 Å². The highest BCUT2D eigenvalue weighted by Gasteiger charge is 2.50. The van der Waals surface area contributed by atoms with Gasteiger partial charge in [-0.3, -0.25) is 24.1 Å². The molecular formula is C28H40F2N4O7. The van der Waals surface area contributed by atoms with Crippen LogP contribution in [0, 0.1) is 5.92 Å². The van der Waals surface area contributed by atoms with Gasteiger partial charge < -0.3 is 30.2 Å². The second kappa shape index (κ2) is 15.3. The molecule has 0 unspecified atom stereocenters. The van der Waals surface area contributed by atoms with Crippen molar-refractivity contribution in [1.29, 1.82) is 0 Å². The topological polar surface area (TPSA) is 139 Å². The molecule has 2 saturated heterocycles. The number of nitrogens with one attached hydrogen (secondary N) is 3. The molecule has 2 heterocycles. The van der Waals surface area contributed by atoms with Gasteiger partial charge in [-0.15, -0.1) is 0 Å². The summed E-state index contributed by atoms with van der Waals surface area (Å²) in [5.41, 5.74) is -0.294. The lowest BCUT2D eigenvalue weighted by Crippen LogP contribution is -2.59. The maximum atomic E-state index is 13.3. The molecule has 3 amide bonds. The van der Waals surface area contributed by atoms with Gasteiger partial charge in [0.25, 0.3) is 0 Å². The molecule has 3 N–H and O–H groups in total. The van der Waals surface area contributed by atoms with Crippen LogP contribution in [0.5, 0.6) is 0 Å². The third-order valence-corrected chi connectivity index (χ3v) is 6.87. The Morgan fingerprint density at radius 1 is 0.976 bits per heavy atom. The van der Waals surface area contributed by atoms with E-state index in [1.54, 1.807) is 31.2 Å². The van der Waals surface area contributed by atoms with Gasteiger partial charge in [-0.25, -0.2) is 0 Å². The summed E-state index contributed by atoms with van der Waals surface area (Å²) in [5, 5.41) is 7.75. The standard InChI is InChI=1S/C28H40F2N4O7/c1-18(2)13-21(31-23(35)15-34-9-11-39-12-10-34)25(37)33-22(16-40-27(29)30)26(38)32-20(24(36)28(3)17-41-28)14-19-7-5-4-6-8-19/h4-8,18,20-22,27H,9-17H2,1-3H3,(H,31,35)(H,32,38)(H,33,37)/t20-,21-,22-,28+/m0/s1. The summed E-state index contributed by atoms with van der Waals surface area (Å²) in [5.74, 6) is -2.37. The monoisotopic (exact) mass is 582 g/mol. The van der Waals surface area contributed by atoms with Crippen LogP contribution in [0.15, 0.2) is 30.3 Å². The number of Topliss-reactive ketones (excluding diaryl/α,β-unsaturated/α-hetero) is 1. The van der Waals surface area contributed by atoms with E-state index in [9.17, 15) is 28.0 Å². The first kappa shape index (κ1) is 32.5. The molecule has 11 nitrogen and oxygen atoms in total. The molecule has 0 radical (unpaired) electrons. The first-order valence-electron chi connectivity index (χ1n) is 13.8. The Balaban J connectivity index is 1.71. The Kier molecular flexibility index (Phi) is 12.1. The van der Waals surface area contributed by atoms with Gasteiger partial charge >= 0.3 is 6.61 Å². The number of carbonyl (C=O) groups is 4. The molecule has 2 fully saturated rings. The Bertz CT molecular complexity index is 1030. The number of carbonyl (C=O) groups excluding carboxylic acids is 4. The number of rotatable bonds is 16. The minimum atomic E-state index is -3.19. The number of halogens is 2. The van der Waals surface area contributed by atoms with Crippen LogP contribution in [-0.4, -0.2) is 105 Å². The van der Waals surface area contributed by atoms with Crippen LogP contribution >= 0.6 is 0 Å². The Hall–Kier alpha value is -3.00. The van der Waals surface area contributed by atoms with E-state index >= 15 is 0 Å². The summed E-state index contributed by atoms with van der Waals surface area (Å²) >= 11 is 0. The largest absolute Gasteiger partial charge is 0.379 e. The fourth-order valence-electron chi connectivity index (χ4n) is 4.48. The van der Waals surface area contributed by atoms with Gasteiger partial charge in [-0.05, 0) is 31.2 Å². The smallest absolute Gasteiger partial charge is 0.345 e. The average Bonchev–Trinajstić information content (AvgIpc) is 3.68. The number of alkyl halides is 2. The molecule has 3 rings (SSSR count). The van der Waals surface area contributed by atoms with Crippen molar-refractivity contribution >= 4 is 23.5 Å². The predicted molar refractivity (Wildman–Crippen MR) is 144 cm³/mol. The molecule has 1 aromatic rings. The third kappa shape index (κ3) is 10.7. The van der Waals surface area contributed by atoms with E-state index < -0.39 is 48.8 Å². The molecule has 0 aromatic heterocycles. The first-order valence-corrected chi connectivity index (χ1v) is 13.8. The Morgan fingerprint density at radius 2 is 1.59 bits per heavy atom. The van der Waals surface area contributed by atoms with Crippen LogP contribution in [0.3, 0.4) is 0 Å². The molecule has 4 atom stereocenters. The van der Waals surface area contributed by atoms with Gasteiger partial charge in [0.05, 0.1) is 39.0 Å². The lowest BCUT2D eigenvalue weighted by molar-refractivity contribution is -0.148. The summed E-state index contributed by atoms with van der Waals surface area (Å²) in [6, 6.07) is 5.35. The van der Waals surface area contributed by atoms with Crippen LogP contribution in [0.4, 0.5) is 8.78 Å². The van der Waals surface area contributed by atoms with E-state index in [0.717, 1.165) is 5.56 Å². The van der Waals surface area contributed by atoms with Gasteiger partial charge in [0.2, 0.25) is 17.7 Å². The summed E-state index contributed by atoms with van der Waals surface area (Å²) in [6.45, 7) is 3.71. The minimum absolute atomic E-state index is 0.00816. The van der Waals surface area contributed by atoms with Crippen molar-refractivity contribution in [3.8, 4) is 0 Å². The first-order chi connectivity index (χ1) is 19.5. The van der Waals surface area contributed by atoms with Gasteiger partial charge in [0.15, 0.2) is 5.78 Å². The molecule has 0 saturated carbocycles. The van der Waals surface area contributed by atoms with Gasteiger partial charge in [0, 0.05) is 13.1 Å². The van der Waals surface area contributed by atoms with Crippen molar-refractivity contribution in [2.45, 2.75) is 64.0 Å². The highest BCUT2D eigenvalue weighted by Crippen LogP contribution is 2.29. The highest BCUT2D eigenvalue weighted by molar-refractivity contribution is 5.98. The number of amides is 3. The fourth-order valence-corrected chi connectivity index (χ4v) is 4.48. The van der Waals surface area contributed by atoms with Crippen molar-refractivity contribution in [3.05, 3.63) is 35.9 Å². The van der Waals surface area contributed by atoms with Gasteiger partial charge in [-0.2, -0.15) is 8.78 Å².